The van der Waals surface area contributed by atoms with E-state index in [1.165, 1.54) is 6.20 Å². The predicted octanol–water partition coefficient (Wildman–Crippen LogP) is 0.420. The van der Waals surface area contributed by atoms with Gasteiger partial charge >= 0.3 is 0 Å². The van der Waals surface area contributed by atoms with Gasteiger partial charge in [0.2, 0.25) is 5.91 Å². The third kappa shape index (κ3) is 4.69. The molecule has 1 saturated carbocycles. The van der Waals surface area contributed by atoms with E-state index in [2.05, 4.69) is 20.6 Å². The van der Waals surface area contributed by atoms with E-state index >= 15 is 0 Å². The van der Waals surface area contributed by atoms with Gasteiger partial charge in [0.1, 0.15) is 11.9 Å². The fourth-order valence-corrected chi connectivity index (χ4v) is 2.20. The zero-order valence-electron chi connectivity index (χ0n) is 13.1. The van der Waals surface area contributed by atoms with Crippen LogP contribution in [0.3, 0.4) is 0 Å². The van der Waals surface area contributed by atoms with Crippen LogP contribution < -0.4 is 22.1 Å². The lowest BCUT2D eigenvalue weighted by Crippen LogP contribution is -2.33. The van der Waals surface area contributed by atoms with E-state index in [0.29, 0.717) is 16.6 Å². The molecule has 0 radical (unpaired) electrons. The highest BCUT2D eigenvalue weighted by Gasteiger charge is 2.27. The lowest BCUT2D eigenvalue weighted by Gasteiger charge is -2.14. The molecule has 1 fully saturated rings. The monoisotopic (exact) mass is 349 g/mol. The molecule has 1 atom stereocenters. The van der Waals surface area contributed by atoms with Crippen molar-refractivity contribution in [3.05, 3.63) is 11.9 Å². The minimum Gasteiger partial charge on any atom is -0.368 e. The first-order valence-corrected chi connectivity index (χ1v) is 7.78. The Morgan fingerprint density at radius 1 is 1.46 bits per heavy atom. The largest absolute Gasteiger partial charge is 0.368 e. The SMILES string of the molecule is CC(Nc1cnc(C(N)=O)c(NC(=S)CC(=N)C2CC2)n1)C(N)=O. The molecule has 0 bridgehead atoms. The quantitative estimate of drug-likeness (QED) is 0.336. The first kappa shape index (κ1) is 17.7. The summed E-state index contributed by atoms with van der Waals surface area (Å²) in [5.74, 6) is -0.694. The number of aromatic nitrogens is 2. The van der Waals surface area contributed by atoms with Gasteiger partial charge in [0, 0.05) is 12.1 Å². The number of carbonyl (C=O) groups is 2. The second kappa shape index (κ2) is 7.30. The Kier molecular flexibility index (Phi) is 5.39. The average Bonchev–Trinajstić information content (AvgIpc) is 3.31. The maximum atomic E-state index is 11.5. The average molecular weight is 349 g/mol. The van der Waals surface area contributed by atoms with Crippen molar-refractivity contribution in [2.24, 2.45) is 17.4 Å². The molecule has 1 unspecified atom stereocenters. The second-order valence-electron chi connectivity index (χ2n) is 5.61. The zero-order chi connectivity index (χ0) is 17.9. The van der Waals surface area contributed by atoms with Crippen LogP contribution in [0.4, 0.5) is 11.6 Å². The highest BCUT2D eigenvalue weighted by atomic mass is 32.1. The smallest absolute Gasteiger partial charge is 0.271 e. The minimum absolute atomic E-state index is 0.0763. The highest BCUT2D eigenvalue weighted by molar-refractivity contribution is 7.80. The molecule has 0 aliphatic heterocycles. The summed E-state index contributed by atoms with van der Waals surface area (Å²) in [6.45, 7) is 1.57. The molecule has 0 spiro atoms. The molecule has 1 aromatic heterocycles. The maximum Gasteiger partial charge on any atom is 0.271 e. The molecule has 1 aliphatic rings. The van der Waals surface area contributed by atoms with Crippen LogP contribution in [0.15, 0.2) is 6.20 Å². The van der Waals surface area contributed by atoms with Gasteiger partial charge in [-0.25, -0.2) is 9.97 Å². The first-order valence-electron chi connectivity index (χ1n) is 7.37. The fourth-order valence-electron chi connectivity index (χ4n) is 1.94. The summed E-state index contributed by atoms with van der Waals surface area (Å²) < 4.78 is 0. The van der Waals surface area contributed by atoms with E-state index < -0.39 is 17.9 Å². The first-order chi connectivity index (χ1) is 11.3. The number of hydrogen-bond donors (Lipinski definition) is 5. The summed E-state index contributed by atoms with van der Waals surface area (Å²) in [7, 11) is 0. The number of rotatable bonds is 8. The van der Waals surface area contributed by atoms with Gasteiger partial charge in [0.15, 0.2) is 11.5 Å². The number of nitrogens with one attached hydrogen (secondary N) is 3. The summed E-state index contributed by atoms with van der Waals surface area (Å²) in [6, 6.07) is -0.665. The number of nitrogens with two attached hydrogens (primary N) is 2. The van der Waals surface area contributed by atoms with Crippen LogP contribution in [0.1, 0.15) is 36.7 Å². The standard InChI is InChI=1S/C14H19N7O2S/c1-6(12(16)22)19-9-5-18-11(13(17)23)14(20-9)21-10(24)4-8(15)7-2-3-7/h5-7,15H,2-4H2,1H3,(H2,16,22)(H2,17,23)(H2,19,20,21,24). The van der Waals surface area contributed by atoms with Crippen LogP contribution in [-0.2, 0) is 4.79 Å². The van der Waals surface area contributed by atoms with Crippen LogP contribution in [0.5, 0.6) is 0 Å². The molecule has 2 rings (SSSR count). The summed E-state index contributed by atoms with van der Waals surface area (Å²) in [5.41, 5.74) is 11.0. The molecule has 0 saturated heterocycles. The van der Waals surface area contributed by atoms with Gasteiger partial charge in [-0.15, -0.1) is 0 Å². The van der Waals surface area contributed by atoms with Crippen molar-refractivity contribution >= 4 is 46.4 Å². The van der Waals surface area contributed by atoms with Crippen LogP contribution in [0.25, 0.3) is 0 Å². The van der Waals surface area contributed by atoms with Crippen molar-refractivity contribution in [3.8, 4) is 0 Å². The lowest BCUT2D eigenvalue weighted by atomic mass is 10.2. The molecule has 1 heterocycles. The van der Waals surface area contributed by atoms with E-state index in [4.69, 9.17) is 29.1 Å². The molecule has 1 aromatic rings. The third-order valence-corrected chi connectivity index (χ3v) is 3.72. The van der Waals surface area contributed by atoms with Crippen molar-refractivity contribution in [2.45, 2.75) is 32.2 Å². The predicted molar refractivity (Wildman–Crippen MR) is 94.1 cm³/mol. The number of nitrogens with zero attached hydrogens (tertiary/aromatic N) is 2. The number of amides is 2. The van der Waals surface area contributed by atoms with Crippen molar-refractivity contribution < 1.29 is 9.59 Å². The molecular formula is C14H19N7O2S. The van der Waals surface area contributed by atoms with E-state index in [9.17, 15) is 9.59 Å². The summed E-state index contributed by atoms with van der Waals surface area (Å²) in [4.78, 5) is 31.1. The number of anilines is 2. The molecule has 24 heavy (non-hydrogen) atoms. The molecule has 7 N–H and O–H groups in total. The van der Waals surface area contributed by atoms with E-state index in [1.54, 1.807) is 6.92 Å². The molecule has 9 nitrogen and oxygen atoms in total. The minimum atomic E-state index is -0.764. The number of hydrogen-bond acceptors (Lipinski definition) is 7. The normalized spacial score (nSPS) is 14.5. The molecular weight excluding hydrogens is 330 g/mol. The Labute approximate surface area is 144 Å². The Morgan fingerprint density at radius 2 is 2.12 bits per heavy atom. The van der Waals surface area contributed by atoms with Gasteiger partial charge in [0.05, 0.1) is 11.2 Å². The van der Waals surface area contributed by atoms with E-state index in [1.807, 2.05) is 0 Å². The molecule has 1 aliphatic carbocycles. The lowest BCUT2D eigenvalue weighted by molar-refractivity contribution is -0.118. The van der Waals surface area contributed by atoms with E-state index in [0.717, 1.165) is 12.8 Å². The van der Waals surface area contributed by atoms with Gasteiger partial charge in [-0.05, 0) is 25.7 Å². The van der Waals surface area contributed by atoms with Crippen molar-refractivity contribution in [3.63, 3.8) is 0 Å². The molecule has 128 valence electrons. The summed E-state index contributed by atoms with van der Waals surface area (Å²) in [6.07, 6.45) is 3.59. The highest BCUT2D eigenvalue weighted by Crippen LogP contribution is 2.31. The summed E-state index contributed by atoms with van der Waals surface area (Å²) in [5, 5.41) is 13.5. The molecule has 2 amide bonds. The Balaban J connectivity index is 2.14. The zero-order valence-corrected chi connectivity index (χ0v) is 13.9. The van der Waals surface area contributed by atoms with Crippen LogP contribution in [0.2, 0.25) is 0 Å². The van der Waals surface area contributed by atoms with Gasteiger partial charge in [-0.1, -0.05) is 12.2 Å². The Hall–Kier alpha value is -2.62. The van der Waals surface area contributed by atoms with E-state index in [-0.39, 0.29) is 23.8 Å². The second-order valence-corrected chi connectivity index (χ2v) is 6.10. The van der Waals surface area contributed by atoms with Gasteiger partial charge < -0.3 is 27.5 Å². The Morgan fingerprint density at radius 3 is 2.67 bits per heavy atom. The number of primary amides is 2. The van der Waals surface area contributed by atoms with Crippen LogP contribution in [-0.4, -0.2) is 38.5 Å². The molecule has 0 aromatic carbocycles. The van der Waals surface area contributed by atoms with Gasteiger partial charge in [-0.2, -0.15) is 0 Å². The maximum absolute atomic E-state index is 11.5. The Bertz CT molecular complexity index is 702. The fraction of sp³-hybridized carbons (Fsp3) is 0.429. The molecule has 10 heteroatoms. The van der Waals surface area contributed by atoms with Crippen LogP contribution in [0, 0.1) is 11.3 Å². The number of thiocarbonyl (C=S) groups is 1. The van der Waals surface area contributed by atoms with Crippen molar-refractivity contribution in [1.82, 2.24) is 9.97 Å². The topological polar surface area (TPSA) is 160 Å². The van der Waals surface area contributed by atoms with Crippen molar-refractivity contribution in [1.29, 1.82) is 5.41 Å². The third-order valence-electron chi connectivity index (χ3n) is 3.48. The van der Waals surface area contributed by atoms with Gasteiger partial charge in [0.25, 0.3) is 5.91 Å². The van der Waals surface area contributed by atoms with Crippen molar-refractivity contribution in [2.75, 3.05) is 10.6 Å². The summed E-state index contributed by atoms with van der Waals surface area (Å²) >= 11 is 5.21. The van der Waals surface area contributed by atoms with Gasteiger partial charge in [-0.3, -0.25) is 9.59 Å². The number of carbonyl (C=O) groups excluding carboxylic acids is 2. The van der Waals surface area contributed by atoms with Crippen LogP contribution >= 0.6 is 12.2 Å².